The first kappa shape index (κ1) is 21.4. The molecule has 1 atom stereocenters. The highest BCUT2D eigenvalue weighted by molar-refractivity contribution is 5.81. The number of hydrogen-bond donors (Lipinski definition) is 1. The summed E-state index contributed by atoms with van der Waals surface area (Å²) in [5, 5.41) is 3.03. The number of nitrogens with one attached hydrogen (secondary N) is 1. The molecule has 3 rings (SSSR count). The molecule has 156 valence electrons. The molecule has 1 N–H and O–H groups in total. The zero-order chi connectivity index (χ0) is 20.6. The number of hydrogen-bond acceptors (Lipinski definition) is 3. The molecule has 2 aromatic rings. The minimum absolute atomic E-state index is 0.0641. The zero-order valence-corrected chi connectivity index (χ0v) is 18.0. The molecule has 1 aliphatic heterocycles. The molecule has 1 aliphatic rings. The molecule has 1 fully saturated rings. The van der Waals surface area contributed by atoms with Crippen molar-refractivity contribution in [2.75, 3.05) is 13.1 Å². The highest BCUT2D eigenvalue weighted by atomic mass is 16.5. The van der Waals surface area contributed by atoms with Gasteiger partial charge in [0.05, 0.1) is 0 Å². The van der Waals surface area contributed by atoms with E-state index in [4.69, 9.17) is 4.74 Å². The molecule has 29 heavy (non-hydrogen) atoms. The Kier molecular flexibility index (Phi) is 7.70. The van der Waals surface area contributed by atoms with Gasteiger partial charge < -0.3 is 10.1 Å². The number of amides is 1. The van der Waals surface area contributed by atoms with Gasteiger partial charge in [-0.3, -0.25) is 9.69 Å². The van der Waals surface area contributed by atoms with Crippen molar-refractivity contribution in [3.63, 3.8) is 0 Å². The van der Waals surface area contributed by atoms with Crippen molar-refractivity contribution in [3.8, 4) is 5.75 Å². The summed E-state index contributed by atoms with van der Waals surface area (Å²) < 4.78 is 6.01. The number of benzene rings is 2. The summed E-state index contributed by atoms with van der Waals surface area (Å²) in [5.74, 6) is 0.722. The summed E-state index contributed by atoms with van der Waals surface area (Å²) >= 11 is 0. The Morgan fingerprint density at radius 2 is 1.72 bits per heavy atom. The van der Waals surface area contributed by atoms with Crippen LogP contribution < -0.4 is 10.1 Å². The Morgan fingerprint density at radius 1 is 1.03 bits per heavy atom. The molecule has 0 saturated carbocycles. The number of likely N-dealkylation sites (tertiary alicyclic amines) is 1. The number of piperidine rings is 1. The molecule has 4 heteroatoms. The van der Waals surface area contributed by atoms with Gasteiger partial charge in [-0.1, -0.05) is 49.7 Å². The van der Waals surface area contributed by atoms with E-state index in [9.17, 15) is 4.79 Å². The SMILES string of the molecule is CC[C@H](Oc1cc(C)ccc1C)C(=O)NCc1ccc(CN2CCCCC2)cc1. The van der Waals surface area contributed by atoms with Gasteiger partial charge in [0, 0.05) is 13.1 Å². The summed E-state index contributed by atoms with van der Waals surface area (Å²) in [5.41, 5.74) is 4.63. The molecule has 0 unspecified atom stereocenters. The lowest BCUT2D eigenvalue weighted by atomic mass is 10.1. The highest BCUT2D eigenvalue weighted by Crippen LogP contribution is 2.21. The van der Waals surface area contributed by atoms with Crippen molar-refractivity contribution in [3.05, 3.63) is 64.7 Å². The van der Waals surface area contributed by atoms with Gasteiger partial charge in [0.2, 0.25) is 0 Å². The Morgan fingerprint density at radius 3 is 2.41 bits per heavy atom. The summed E-state index contributed by atoms with van der Waals surface area (Å²) in [7, 11) is 0. The maximum absolute atomic E-state index is 12.6. The normalized spacial score (nSPS) is 15.7. The molecule has 0 spiro atoms. The van der Waals surface area contributed by atoms with Crippen LogP contribution >= 0.6 is 0 Å². The number of carbonyl (C=O) groups excluding carboxylic acids is 1. The van der Waals surface area contributed by atoms with E-state index in [0.29, 0.717) is 13.0 Å². The number of carbonyl (C=O) groups is 1. The molecule has 1 heterocycles. The average molecular weight is 395 g/mol. The number of rotatable bonds is 8. The molecule has 0 aromatic heterocycles. The van der Waals surface area contributed by atoms with Crippen LogP contribution in [0.15, 0.2) is 42.5 Å². The van der Waals surface area contributed by atoms with E-state index in [1.807, 2.05) is 32.9 Å². The van der Waals surface area contributed by atoms with Crippen LogP contribution in [-0.4, -0.2) is 30.0 Å². The Hall–Kier alpha value is -2.33. The van der Waals surface area contributed by atoms with Crippen LogP contribution in [0, 0.1) is 13.8 Å². The van der Waals surface area contributed by atoms with E-state index in [1.54, 1.807) is 0 Å². The second kappa shape index (κ2) is 10.4. The van der Waals surface area contributed by atoms with Crippen LogP contribution in [0.5, 0.6) is 5.75 Å². The summed E-state index contributed by atoms with van der Waals surface area (Å²) in [6, 6.07) is 14.7. The van der Waals surface area contributed by atoms with Crippen LogP contribution in [0.3, 0.4) is 0 Å². The topological polar surface area (TPSA) is 41.6 Å². The van der Waals surface area contributed by atoms with E-state index in [1.165, 1.54) is 37.9 Å². The zero-order valence-electron chi connectivity index (χ0n) is 18.0. The van der Waals surface area contributed by atoms with E-state index in [2.05, 4.69) is 40.5 Å². The molecule has 0 radical (unpaired) electrons. The minimum atomic E-state index is -0.478. The van der Waals surface area contributed by atoms with E-state index < -0.39 is 6.10 Å². The van der Waals surface area contributed by atoms with Crippen LogP contribution in [-0.2, 0) is 17.9 Å². The molecule has 1 saturated heterocycles. The first-order valence-corrected chi connectivity index (χ1v) is 10.9. The lowest BCUT2D eigenvalue weighted by molar-refractivity contribution is -0.128. The third-order valence-corrected chi connectivity index (χ3v) is 5.62. The van der Waals surface area contributed by atoms with Crippen molar-refractivity contribution in [2.45, 2.75) is 65.6 Å². The van der Waals surface area contributed by atoms with Gasteiger partial charge in [-0.25, -0.2) is 0 Å². The van der Waals surface area contributed by atoms with Gasteiger partial charge in [0.15, 0.2) is 6.10 Å². The summed E-state index contributed by atoms with van der Waals surface area (Å²) in [6.07, 6.45) is 4.14. The maximum atomic E-state index is 12.6. The smallest absolute Gasteiger partial charge is 0.261 e. The first-order chi connectivity index (χ1) is 14.0. The Bertz CT molecular complexity index is 795. The number of aryl methyl sites for hydroxylation is 2. The third kappa shape index (κ3) is 6.33. The van der Waals surface area contributed by atoms with E-state index >= 15 is 0 Å². The molecule has 0 bridgehead atoms. The predicted molar refractivity (Wildman–Crippen MR) is 118 cm³/mol. The number of ether oxygens (including phenoxy) is 1. The molecular formula is C25H34N2O2. The second-order valence-electron chi connectivity index (χ2n) is 8.15. The van der Waals surface area contributed by atoms with Gasteiger partial charge in [-0.2, -0.15) is 0 Å². The fourth-order valence-electron chi connectivity index (χ4n) is 3.75. The van der Waals surface area contributed by atoms with Gasteiger partial charge in [0.25, 0.3) is 5.91 Å². The van der Waals surface area contributed by atoms with Crippen molar-refractivity contribution in [2.24, 2.45) is 0 Å². The van der Waals surface area contributed by atoms with Crippen LogP contribution in [0.25, 0.3) is 0 Å². The lowest BCUT2D eigenvalue weighted by Crippen LogP contribution is -2.37. The summed E-state index contributed by atoms with van der Waals surface area (Å²) in [4.78, 5) is 15.2. The third-order valence-electron chi connectivity index (χ3n) is 5.62. The monoisotopic (exact) mass is 394 g/mol. The minimum Gasteiger partial charge on any atom is -0.480 e. The van der Waals surface area contributed by atoms with Crippen molar-refractivity contribution in [1.82, 2.24) is 10.2 Å². The first-order valence-electron chi connectivity index (χ1n) is 10.9. The van der Waals surface area contributed by atoms with Crippen molar-refractivity contribution in [1.29, 1.82) is 0 Å². The molecule has 4 nitrogen and oxygen atoms in total. The van der Waals surface area contributed by atoms with E-state index in [0.717, 1.165) is 29.0 Å². The van der Waals surface area contributed by atoms with Crippen LogP contribution in [0.2, 0.25) is 0 Å². The fourth-order valence-corrected chi connectivity index (χ4v) is 3.75. The van der Waals surface area contributed by atoms with E-state index in [-0.39, 0.29) is 5.91 Å². The van der Waals surface area contributed by atoms with Crippen LogP contribution in [0.4, 0.5) is 0 Å². The Labute approximate surface area is 175 Å². The van der Waals surface area contributed by atoms with Gasteiger partial charge in [0.1, 0.15) is 5.75 Å². The maximum Gasteiger partial charge on any atom is 0.261 e. The van der Waals surface area contributed by atoms with Crippen LogP contribution in [0.1, 0.15) is 54.9 Å². The quantitative estimate of drug-likeness (QED) is 0.702. The molecule has 2 aromatic carbocycles. The lowest BCUT2D eigenvalue weighted by Gasteiger charge is -2.26. The number of nitrogens with zero attached hydrogens (tertiary/aromatic N) is 1. The average Bonchev–Trinajstić information content (AvgIpc) is 2.74. The molecular weight excluding hydrogens is 360 g/mol. The van der Waals surface area contributed by atoms with Gasteiger partial charge in [-0.15, -0.1) is 0 Å². The molecule has 0 aliphatic carbocycles. The van der Waals surface area contributed by atoms with Crippen molar-refractivity contribution < 1.29 is 9.53 Å². The molecule has 1 amide bonds. The Balaban J connectivity index is 1.51. The largest absolute Gasteiger partial charge is 0.480 e. The highest BCUT2D eigenvalue weighted by Gasteiger charge is 2.19. The summed E-state index contributed by atoms with van der Waals surface area (Å²) in [6.45, 7) is 9.97. The van der Waals surface area contributed by atoms with Gasteiger partial charge >= 0.3 is 0 Å². The predicted octanol–water partition coefficient (Wildman–Crippen LogP) is 4.76. The second-order valence-corrected chi connectivity index (χ2v) is 8.15. The fraction of sp³-hybridized carbons (Fsp3) is 0.480. The standard InChI is InChI=1S/C25H34N2O2/c1-4-23(29-24-16-19(2)8-9-20(24)3)25(28)26-17-21-10-12-22(13-11-21)18-27-14-6-5-7-15-27/h8-13,16,23H,4-7,14-15,17-18H2,1-3H3,(H,26,28)/t23-/m0/s1. The van der Waals surface area contributed by atoms with Crippen molar-refractivity contribution >= 4 is 5.91 Å². The van der Waals surface area contributed by atoms with Gasteiger partial charge in [-0.05, 0) is 74.5 Å².